The number of aromatic nitrogens is 4. The number of benzene rings is 2. The van der Waals surface area contributed by atoms with E-state index in [1.807, 2.05) is 24.3 Å². The summed E-state index contributed by atoms with van der Waals surface area (Å²) < 4.78 is 31.9. The average molecular weight is 693 g/mol. The summed E-state index contributed by atoms with van der Waals surface area (Å²) in [6.07, 6.45) is 4.41. The van der Waals surface area contributed by atoms with Crippen LogP contribution in [-0.4, -0.2) is 75.4 Å². The van der Waals surface area contributed by atoms with E-state index in [1.54, 1.807) is 30.0 Å². The Morgan fingerprint density at radius 3 is 2.33 bits per heavy atom. The highest BCUT2D eigenvalue weighted by molar-refractivity contribution is 9.10. The Morgan fingerprint density at radius 2 is 1.71 bits per heavy atom. The highest BCUT2D eigenvalue weighted by Crippen LogP contribution is 2.45. The van der Waals surface area contributed by atoms with Crippen LogP contribution < -0.4 is 4.90 Å². The maximum absolute atomic E-state index is 14.2. The van der Waals surface area contributed by atoms with Gasteiger partial charge in [0.2, 0.25) is 5.95 Å². The number of nitrogens with zero attached hydrogens (tertiary/aromatic N) is 6. The Balaban J connectivity index is 1.38. The van der Waals surface area contributed by atoms with E-state index in [1.165, 1.54) is 32.4 Å². The molecule has 11 nitrogen and oxygen atoms in total. The first-order valence-corrected chi connectivity index (χ1v) is 15.9. The van der Waals surface area contributed by atoms with Crippen LogP contribution in [0.25, 0.3) is 0 Å². The molecule has 4 aromatic rings. The molecule has 2 aliphatic heterocycles. The van der Waals surface area contributed by atoms with Gasteiger partial charge < -0.3 is 4.90 Å². The van der Waals surface area contributed by atoms with E-state index in [4.69, 9.17) is 23.2 Å². The number of imidazole rings is 1. The van der Waals surface area contributed by atoms with E-state index < -0.39 is 15.6 Å². The van der Waals surface area contributed by atoms with Crippen molar-refractivity contribution >= 4 is 72.6 Å². The number of anilines is 2. The van der Waals surface area contributed by atoms with E-state index in [0.29, 0.717) is 21.3 Å². The number of halogens is 3. The lowest BCUT2D eigenvalue weighted by molar-refractivity contribution is -0.124. The van der Waals surface area contributed by atoms with Crippen molar-refractivity contribution in [2.75, 3.05) is 31.1 Å². The van der Waals surface area contributed by atoms with Crippen LogP contribution in [0.3, 0.4) is 0 Å². The second-order valence-electron chi connectivity index (χ2n) is 10.3. The first-order chi connectivity index (χ1) is 20.0. The maximum Gasteiger partial charge on any atom is 0.260 e. The number of carbonyl (C=O) groups excluding carboxylic acids is 2. The molecule has 2 amide bonds. The zero-order valence-electron chi connectivity index (χ0n) is 22.2. The molecule has 1 unspecified atom stereocenters. The number of carbonyl (C=O) groups is 2. The van der Waals surface area contributed by atoms with Crippen LogP contribution in [0.5, 0.6) is 0 Å². The van der Waals surface area contributed by atoms with Crippen LogP contribution >= 0.6 is 39.1 Å². The highest BCUT2D eigenvalue weighted by atomic mass is 79.9. The number of sulfonamides is 1. The lowest BCUT2D eigenvalue weighted by Crippen LogP contribution is -2.51. The normalized spacial score (nSPS) is 19.4. The van der Waals surface area contributed by atoms with Crippen LogP contribution in [0, 0.1) is 0 Å². The standard InChI is InChI=1S/C27H24BrCl2N7O4S/c1-27(13-17-2-4-19(28)5-3-17)25(39)36(22-11-20(29)10-21(30)12-22)26-31-16-23(37(26)27)42(40,41)35-8-6-34(7-9-35)24(38)18-14-32-33-15-18/h2-5,10-12,14-16H,6-9,13H2,1H3,(H,32,33). The zero-order valence-corrected chi connectivity index (χ0v) is 26.1. The lowest BCUT2D eigenvalue weighted by atomic mass is 9.92. The number of piperazine rings is 1. The Hall–Kier alpha value is -3.23. The molecule has 0 spiro atoms. The van der Waals surface area contributed by atoms with Gasteiger partial charge in [-0.05, 0) is 42.8 Å². The minimum atomic E-state index is -4.12. The minimum absolute atomic E-state index is 0.0808. The number of fused-ring (bicyclic) bond motifs is 1. The van der Waals surface area contributed by atoms with Gasteiger partial charge >= 0.3 is 0 Å². The largest absolute Gasteiger partial charge is 0.336 e. The number of hydrogen-bond donors (Lipinski definition) is 1. The Labute approximate surface area is 260 Å². The second kappa shape index (κ2) is 10.8. The van der Waals surface area contributed by atoms with Gasteiger partial charge in [-0.15, -0.1) is 0 Å². The van der Waals surface area contributed by atoms with Gasteiger partial charge in [-0.25, -0.2) is 18.3 Å². The molecular weight excluding hydrogens is 669 g/mol. The summed E-state index contributed by atoms with van der Waals surface area (Å²) in [5.41, 5.74) is 0.257. The van der Waals surface area contributed by atoms with Crippen LogP contribution in [-0.2, 0) is 26.8 Å². The summed E-state index contributed by atoms with van der Waals surface area (Å²) >= 11 is 16.0. The van der Waals surface area contributed by atoms with Crippen molar-refractivity contribution in [1.29, 1.82) is 0 Å². The van der Waals surface area contributed by atoms with Crippen LogP contribution in [0.1, 0.15) is 22.8 Å². The molecule has 4 heterocycles. The molecular formula is C27H24BrCl2N7O4S. The number of H-pyrrole nitrogens is 1. The summed E-state index contributed by atoms with van der Waals surface area (Å²) in [7, 11) is -4.12. The van der Waals surface area contributed by atoms with Gasteiger partial charge in [-0.1, -0.05) is 51.3 Å². The van der Waals surface area contributed by atoms with E-state index >= 15 is 0 Å². The lowest BCUT2D eigenvalue weighted by Gasteiger charge is -2.34. The highest BCUT2D eigenvalue weighted by Gasteiger charge is 2.52. The predicted octanol–water partition coefficient (Wildman–Crippen LogP) is 4.46. The van der Waals surface area contributed by atoms with E-state index in [9.17, 15) is 18.0 Å². The molecule has 2 aromatic carbocycles. The molecule has 0 bridgehead atoms. The van der Waals surface area contributed by atoms with Crippen LogP contribution in [0.15, 0.2) is 70.6 Å². The number of nitrogens with one attached hydrogen (secondary N) is 1. The third kappa shape index (κ3) is 4.92. The summed E-state index contributed by atoms with van der Waals surface area (Å²) in [4.78, 5) is 34.4. The molecule has 42 heavy (non-hydrogen) atoms. The fourth-order valence-electron chi connectivity index (χ4n) is 5.43. The van der Waals surface area contributed by atoms with Gasteiger partial charge in [-0.2, -0.15) is 9.40 Å². The fourth-order valence-corrected chi connectivity index (χ4v) is 7.81. The summed E-state index contributed by atoms with van der Waals surface area (Å²) in [6.45, 7) is 2.27. The van der Waals surface area contributed by atoms with Crippen LogP contribution in [0.2, 0.25) is 10.0 Å². The van der Waals surface area contributed by atoms with Crippen molar-refractivity contribution in [2.45, 2.75) is 23.9 Å². The van der Waals surface area contributed by atoms with Crippen molar-refractivity contribution in [3.63, 3.8) is 0 Å². The fraction of sp³-hybridized carbons (Fsp3) is 0.259. The van der Waals surface area contributed by atoms with Gasteiger partial charge in [0.05, 0.1) is 23.6 Å². The molecule has 6 rings (SSSR count). The number of amides is 2. The first-order valence-electron chi connectivity index (χ1n) is 12.9. The Morgan fingerprint density at radius 1 is 1.05 bits per heavy atom. The maximum atomic E-state index is 14.2. The summed E-state index contributed by atoms with van der Waals surface area (Å²) in [5.74, 6) is -0.460. The van der Waals surface area contributed by atoms with Crippen molar-refractivity contribution in [3.8, 4) is 0 Å². The Kier molecular flexibility index (Phi) is 7.42. The smallest absolute Gasteiger partial charge is 0.260 e. The average Bonchev–Trinajstić information content (AvgIpc) is 3.69. The van der Waals surface area contributed by atoms with Crippen molar-refractivity contribution in [3.05, 3.63) is 86.7 Å². The molecule has 0 radical (unpaired) electrons. The van der Waals surface area contributed by atoms with E-state index in [-0.39, 0.29) is 55.4 Å². The first kappa shape index (κ1) is 28.9. The van der Waals surface area contributed by atoms with Crippen LogP contribution in [0.4, 0.5) is 11.6 Å². The summed E-state index contributed by atoms with van der Waals surface area (Å²) in [5, 5.41) is 6.95. The molecule has 1 atom stereocenters. The Bertz CT molecular complexity index is 1770. The quantitative estimate of drug-likeness (QED) is 0.318. The SMILES string of the molecule is CC1(Cc2ccc(Br)cc2)C(=O)N(c2cc(Cl)cc(Cl)c2)c2ncc(S(=O)(=O)N3CCN(C(=O)c4cn[nH]c4)CC3)n21. The summed E-state index contributed by atoms with van der Waals surface area (Å²) in [6, 6.07) is 12.2. The monoisotopic (exact) mass is 691 g/mol. The predicted molar refractivity (Wildman–Crippen MR) is 161 cm³/mol. The van der Waals surface area contributed by atoms with Gasteiger partial charge in [0.1, 0.15) is 5.54 Å². The van der Waals surface area contributed by atoms with Gasteiger partial charge in [-0.3, -0.25) is 19.3 Å². The van der Waals surface area contributed by atoms with Crippen molar-refractivity contribution in [1.82, 2.24) is 29.0 Å². The van der Waals surface area contributed by atoms with E-state index in [2.05, 4.69) is 31.1 Å². The number of aromatic amines is 1. The molecule has 2 aliphatic rings. The van der Waals surface area contributed by atoms with Gasteiger partial charge in [0.25, 0.3) is 21.8 Å². The number of hydrogen-bond acceptors (Lipinski definition) is 6. The number of rotatable bonds is 6. The minimum Gasteiger partial charge on any atom is -0.336 e. The van der Waals surface area contributed by atoms with Crippen molar-refractivity contribution in [2.24, 2.45) is 0 Å². The van der Waals surface area contributed by atoms with E-state index in [0.717, 1.165) is 10.0 Å². The molecule has 0 aliphatic carbocycles. The van der Waals surface area contributed by atoms with Gasteiger partial charge in [0.15, 0.2) is 5.03 Å². The molecule has 0 saturated carbocycles. The molecule has 1 N–H and O–H groups in total. The molecule has 2 aromatic heterocycles. The third-order valence-electron chi connectivity index (χ3n) is 7.51. The second-order valence-corrected chi connectivity index (χ2v) is 13.9. The van der Waals surface area contributed by atoms with Gasteiger partial charge in [0, 0.05) is 53.3 Å². The topological polar surface area (TPSA) is 124 Å². The molecule has 218 valence electrons. The third-order valence-corrected chi connectivity index (χ3v) is 10.3. The van der Waals surface area contributed by atoms with Crippen molar-refractivity contribution < 1.29 is 18.0 Å². The zero-order chi connectivity index (χ0) is 29.8. The molecule has 1 saturated heterocycles. The molecule has 15 heteroatoms. The molecule has 1 fully saturated rings.